The van der Waals surface area contributed by atoms with Crippen LogP contribution in [0.1, 0.15) is 56.7 Å². The lowest BCUT2D eigenvalue weighted by atomic mass is 9.75. The van der Waals surface area contributed by atoms with E-state index in [-0.39, 0.29) is 5.92 Å². The average Bonchev–Trinajstić information content (AvgIpc) is 2.90. The first-order valence-corrected chi connectivity index (χ1v) is 12.2. The van der Waals surface area contributed by atoms with Crippen LogP contribution in [0.3, 0.4) is 0 Å². The number of hydrogen-bond donors (Lipinski definition) is 0. The van der Waals surface area contributed by atoms with Crippen molar-refractivity contribution in [1.29, 1.82) is 5.26 Å². The first-order chi connectivity index (χ1) is 17.1. The van der Waals surface area contributed by atoms with Crippen LogP contribution in [-0.2, 0) is 0 Å². The van der Waals surface area contributed by atoms with Crippen LogP contribution >= 0.6 is 0 Å². The molecular weight excluding hydrogens is 436 g/mol. The SMILES string of the molecule is C/C=C\c1ncnc(Oc2ccc(Oc3ccccc3)cc2)c1[C@@H](C)C1CCC(N(C)C#N)CC1. The monoisotopic (exact) mass is 468 g/mol. The first kappa shape index (κ1) is 24.3. The summed E-state index contributed by atoms with van der Waals surface area (Å²) in [6, 6.07) is 17.6. The number of benzene rings is 2. The highest BCUT2D eigenvalue weighted by molar-refractivity contribution is 5.54. The maximum Gasteiger partial charge on any atom is 0.226 e. The van der Waals surface area contributed by atoms with E-state index in [1.54, 1.807) is 11.2 Å². The van der Waals surface area contributed by atoms with E-state index in [1.165, 1.54) is 0 Å². The van der Waals surface area contributed by atoms with Gasteiger partial charge in [-0.05, 0) is 86.9 Å². The zero-order valence-corrected chi connectivity index (χ0v) is 20.6. The summed E-state index contributed by atoms with van der Waals surface area (Å²) < 4.78 is 12.2. The van der Waals surface area contributed by atoms with Crippen molar-refractivity contribution in [1.82, 2.24) is 14.9 Å². The van der Waals surface area contributed by atoms with Crippen molar-refractivity contribution in [2.45, 2.75) is 51.5 Å². The fourth-order valence-corrected chi connectivity index (χ4v) is 4.81. The smallest absolute Gasteiger partial charge is 0.226 e. The van der Waals surface area contributed by atoms with Crippen molar-refractivity contribution >= 4 is 6.08 Å². The quantitative estimate of drug-likeness (QED) is 0.258. The molecule has 0 amide bonds. The lowest BCUT2D eigenvalue weighted by Gasteiger charge is -2.35. The van der Waals surface area contributed by atoms with Gasteiger partial charge in [0.05, 0.1) is 5.69 Å². The first-order valence-electron chi connectivity index (χ1n) is 12.2. The van der Waals surface area contributed by atoms with Crippen molar-refractivity contribution in [3.05, 3.63) is 78.3 Å². The zero-order chi connectivity index (χ0) is 24.6. The molecule has 0 N–H and O–H groups in total. The van der Waals surface area contributed by atoms with E-state index < -0.39 is 0 Å². The largest absolute Gasteiger partial charge is 0.457 e. The van der Waals surface area contributed by atoms with E-state index in [9.17, 15) is 5.26 Å². The summed E-state index contributed by atoms with van der Waals surface area (Å²) in [5.74, 6) is 3.54. The van der Waals surface area contributed by atoms with Gasteiger partial charge in [-0.1, -0.05) is 31.2 Å². The average molecular weight is 469 g/mol. The van der Waals surface area contributed by atoms with Gasteiger partial charge in [0.1, 0.15) is 23.6 Å². The highest BCUT2D eigenvalue weighted by Gasteiger charge is 2.31. The van der Waals surface area contributed by atoms with Crippen LogP contribution in [0.4, 0.5) is 0 Å². The van der Waals surface area contributed by atoms with Crippen LogP contribution < -0.4 is 9.47 Å². The summed E-state index contributed by atoms with van der Waals surface area (Å²) in [5.41, 5.74) is 1.93. The van der Waals surface area contributed by atoms with Gasteiger partial charge >= 0.3 is 0 Å². The number of hydrogen-bond acceptors (Lipinski definition) is 6. The topological polar surface area (TPSA) is 71.3 Å². The van der Waals surface area contributed by atoms with Gasteiger partial charge in [0.2, 0.25) is 5.88 Å². The molecule has 1 heterocycles. The molecule has 1 aliphatic rings. The molecule has 1 aromatic heterocycles. The second kappa shape index (κ2) is 11.5. The van der Waals surface area contributed by atoms with Crippen LogP contribution in [0.15, 0.2) is 67.0 Å². The van der Waals surface area contributed by atoms with Gasteiger partial charge in [-0.15, -0.1) is 0 Å². The Morgan fingerprint density at radius 2 is 1.57 bits per heavy atom. The number of nitrogens with zero attached hydrogens (tertiary/aromatic N) is 4. The van der Waals surface area contributed by atoms with Crippen molar-refractivity contribution in [3.63, 3.8) is 0 Å². The van der Waals surface area contributed by atoms with Crippen LogP contribution in [0.5, 0.6) is 23.1 Å². The lowest BCUT2D eigenvalue weighted by Crippen LogP contribution is -2.33. The van der Waals surface area contributed by atoms with Gasteiger partial charge in [0.25, 0.3) is 0 Å². The molecule has 0 radical (unpaired) electrons. The molecule has 0 bridgehead atoms. The predicted molar refractivity (Wildman–Crippen MR) is 137 cm³/mol. The molecule has 6 nitrogen and oxygen atoms in total. The molecule has 0 unspecified atom stereocenters. The third-order valence-corrected chi connectivity index (χ3v) is 6.83. The highest BCUT2D eigenvalue weighted by Crippen LogP contribution is 2.42. The minimum atomic E-state index is 0.228. The highest BCUT2D eigenvalue weighted by atomic mass is 16.5. The fourth-order valence-electron chi connectivity index (χ4n) is 4.81. The molecule has 6 heteroatoms. The fraction of sp³-hybridized carbons (Fsp3) is 0.345. The summed E-state index contributed by atoms with van der Waals surface area (Å²) in [7, 11) is 1.88. The standard InChI is InChI=1S/C29H32N4O2/c1-4-8-27-28(21(2)22-11-13-23(14-12-22)33(3)19-30)29(32-20-31-27)35-26-17-15-25(16-18-26)34-24-9-6-5-7-10-24/h4-10,15-18,20-23H,11-14H2,1-3H3/b8-4-/t21-,22?,23?/m0/s1. The minimum Gasteiger partial charge on any atom is -0.457 e. The van der Waals surface area contributed by atoms with Crippen molar-refractivity contribution in [3.8, 4) is 29.3 Å². The van der Waals surface area contributed by atoms with E-state index in [0.29, 0.717) is 23.6 Å². The Bertz CT molecular complexity index is 1160. The van der Waals surface area contributed by atoms with Crippen molar-refractivity contribution in [2.75, 3.05) is 7.05 Å². The molecule has 1 fully saturated rings. The molecule has 1 atom stereocenters. The molecule has 0 saturated heterocycles. The Morgan fingerprint density at radius 1 is 0.943 bits per heavy atom. The van der Waals surface area contributed by atoms with Gasteiger partial charge in [0.15, 0.2) is 6.19 Å². The third kappa shape index (κ3) is 5.99. The number of para-hydroxylation sites is 1. The van der Waals surface area contributed by atoms with Gasteiger partial charge in [-0.3, -0.25) is 0 Å². The molecular formula is C29H32N4O2. The molecule has 1 aliphatic carbocycles. The van der Waals surface area contributed by atoms with Crippen LogP contribution in [0, 0.1) is 17.4 Å². The Balaban J connectivity index is 1.52. The van der Waals surface area contributed by atoms with Crippen molar-refractivity contribution < 1.29 is 9.47 Å². The van der Waals surface area contributed by atoms with E-state index in [1.807, 2.05) is 80.7 Å². The second-order valence-electron chi connectivity index (χ2n) is 9.03. The third-order valence-electron chi connectivity index (χ3n) is 6.83. The molecule has 4 rings (SSSR count). The number of aromatic nitrogens is 2. The molecule has 0 spiro atoms. The predicted octanol–water partition coefficient (Wildman–Crippen LogP) is 7.17. The zero-order valence-electron chi connectivity index (χ0n) is 20.6. The Kier molecular flexibility index (Phi) is 7.99. The Morgan fingerprint density at radius 3 is 2.20 bits per heavy atom. The number of nitriles is 1. The maximum atomic E-state index is 9.23. The van der Waals surface area contributed by atoms with Gasteiger partial charge in [-0.25, -0.2) is 9.97 Å². The Hall–Kier alpha value is -3.85. The summed E-state index contributed by atoms with van der Waals surface area (Å²) in [5, 5.41) is 9.23. The summed E-state index contributed by atoms with van der Waals surface area (Å²) >= 11 is 0. The van der Waals surface area contributed by atoms with E-state index in [4.69, 9.17) is 9.47 Å². The van der Waals surface area contributed by atoms with Crippen LogP contribution in [-0.4, -0.2) is 28.0 Å². The number of allylic oxidation sites excluding steroid dienone is 1. The van der Waals surface area contributed by atoms with Gasteiger partial charge in [0, 0.05) is 18.7 Å². The minimum absolute atomic E-state index is 0.228. The molecule has 35 heavy (non-hydrogen) atoms. The van der Waals surface area contributed by atoms with E-state index in [2.05, 4.69) is 23.1 Å². The Labute approximate surface area is 207 Å². The maximum absolute atomic E-state index is 9.23. The molecule has 0 aliphatic heterocycles. The van der Waals surface area contributed by atoms with Gasteiger partial charge in [-0.2, -0.15) is 5.26 Å². The summed E-state index contributed by atoms with van der Waals surface area (Å²) in [4.78, 5) is 10.9. The molecule has 3 aromatic rings. The summed E-state index contributed by atoms with van der Waals surface area (Å²) in [6.07, 6.45) is 12.0. The molecule has 2 aromatic carbocycles. The normalized spacial score (nSPS) is 18.6. The number of ether oxygens (including phenoxy) is 2. The molecule has 180 valence electrons. The number of rotatable bonds is 8. The van der Waals surface area contributed by atoms with Crippen molar-refractivity contribution in [2.24, 2.45) is 5.92 Å². The van der Waals surface area contributed by atoms with E-state index in [0.717, 1.165) is 48.4 Å². The van der Waals surface area contributed by atoms with Crippen LogP contribution in [0.2, 0.25) is 0 Å². The summed E-state index contributed by atoms with van der Waals surface area (Å²) in [6.45, 7) is 4.24. The second-order valence-corrected chi connectivity index (χ2v) is 9.03. The lowest BCUT2D eigenvalue weighted by molar-refractivity contribution is 0.203. The van der Waals surface area contributed by atoms with Crippen LogP contribution in [0.25, 0.3) is 6.08 Å². The van der Waals surface area contributed by atoms with Gasteiger partial charge < -0.3 is 14.4 Å². The van der Waals surface area contributed by atoms with E-state index >= 15 is 0 Å². The molecule has 1 saturated carbocycles.